The van der Waals surface area contributed by atoms with Gasteiger partial charge in [0.05, 0.1) is 0 Å². The standard InChI is InChI=1S/C5H9FO5/c6-4-2(8)1(7)3(9)5(10)11-4/h1-5,7-10H/t1-,2-,3+,4-,5?/m0/s1. The van der Waals surface area contributed by atoms with Crippen LogP contribution in [0, 0.1) is 0 Å². The molecule has 0 aromatic heterocycles. The second kappa shape index (κ2) is 3.00. The van der Waals surface area contributed by atoms with Gasteiger partial charge in [0.2, 0.25) is 6.36 Å². The summed E-state index contributed by atoms with van der Waals surface area (Å²) in [6.07, 6.45) is -9.15. The summed E-state index contributed by atoms with van der Waals surface area (Å²) in [7, 11) is 0. The van der Waals surface area contributed by atoms with E-state index in [4.69, 9.17) is 20.4 Å². The van der Waals surface area contributed by atoms with Crippen molar-refractivity contribution in [3.8, 4) is 0 Å². The topological polar surface area (TPSA) is 90.2 Å². The fraction of sp³-hybridized carbons (Fsp3) is 1.00. The molecule has 5 nitrogen and oxygen atoms in total. The summed E-state index contributed by atoms with van der Waals surface area (Å²) < 4.78 is 16.4. The smallest absolute Gasteiger partial charge is 0.230 e. The van der Waals surface area contributed by atoms with Crippen LogP contribution in [0.1, 0.15) is 0 Å². The van der Waals surface area contributed by atoms with Crippen LogP contribution in [0.4, 0.5) is 4.39 Å². The molecule has 1 rings (SSSR count). The summed E-state index contributed by atoms with van der Waals surface area (Å²) in [4.78, 5) is 0. The zero-order valence-corrected chi connectivity index (χ0v) is 5.46. The normalized spacial score (nSPS) is 52.6. The van der Waals surface area contributed by atoms with Crippen LogP contribution in [0.2, 0.25) is 0 Å². The average Bonchev–Trinajstić information content (AvgIpc) is 1.97. The monoisotopic (exact) mass is 168 g/mol. The lowest BCUT2D eigenvalue weighted by atomic mass is 10.1. The molecule has 0 aromatic carbocycles. The van der Waals surface area contributed by atoms with Crippen molar-refractivity contribution in [1.29, 1.82) is 0 Å². The summed E-state index contributed by atoms with van der Waals surface area (Å²) in [6, 6.07) is 0. The fourth-order valence-electron chi connectivity index (χ4n) is 0.820. The number of rotatable bonds is 0. The summed E-state index contributed by atoms with van der Waals surface area (Å²) >= 11 is 0. The van der Waals surface area contributed by atoms with Crippen LogP contribution in [0.3, 0.4) is 0 Å². The highest BCUT2D eigenvalue weighted by atomic mass is 19.1. The average molecular weight is 168 g/mol. The van der Waals surface area contributed by atoms with Crippen molar-refractivity contribution in [1.82, 2.24) is 0 Å². The van der Waals surface area contributed by atoms with E-state index in [2.05, 4.69) is 4.74 Å². The molecule has 11 heavy (non-hydrogen) atoms. The molecule has 6 heteroatoms. The number of ether oxygens (including phenoxy) is 1. The van der Waals surface area contributed by atoms with E-state index in [0.717, 1.165) is 0 Å². The molecule has 0 spiro atoms. The Labute approximate surface area is 61.6 Å². The molecule has 1 saturated heterocycles. The molecular weight excluding hydrogens is 159 g/mol. The van der Waals surface area contributed by atoms with Crippen LogP contribution in [-0.2, 0) is 4.74 Å². The SMILES string of the molecule is OC1O[C@H](F)[C@@H](O)[C@H](O)[C@H]1O. The molecule has 1 unspecified atom stereocenters. The lowest BCUT2D eigenvalue weighted by Crippen LogP contribution is -2.56. The van der Waals surface area contributed by atoms with E-state index >= 15 is 0 Å². The van der Waals surface area contributed by atoms with Gasteiger partial charge < -0.3 is 25.2 Å². The zero-order chi connectivity index (χ0) is 8.59. The van der Waals surface area contributed by atoms with Crippen LogP contribution in [0.5, 0.6) is 0 Å². The molecule has 0 radical (unpaired) electrons. The van der Waals surface area contributed by atoms with Gasteiger partial charge in [-0.2, -0.15) is 0 Å². The van der Waals surface area contributed by atoms with Crippen molar-refractivity contribution in [3.05, 3.63) is 0 Å². The summed E-state index contributed by atoms with van der Waals surface area (Å²) in [6.45, 7) is 0. The van der Waals surface area contributed by atoms with Gasteiger partial charge in [0, 0.05) is 0 Å². The van der Waals surface area contributed by atoms with Crippen LogP contribution in [-0.4, -0.2) is 51.4 Å². The Kier molecular flexibility index (Phi) is 2.40. The first kappa shape index (κ1) is 8.82. The molecule has 1 aliphatic heterocycles. The molecule has 5 atom stereocenters. The Morgan fingerprint density at radius 2 is 1.45 bits per heavy atom. The number of alkyl halides is 1. The predicted molar refractivity (Wildman–Crippen MR) is 30.0 cm³/mol. The first-order chi connectivity index (χ1) is 5.04. The summed E-state index contributed by atoms with van der Waals surface area (Å²) in [5, 5.41) is 35.0. The Morgan fingerprint density at radius 3 is 2.00 bits per heavy atom. The highest BCUT2D eigenvalue weighted by Crippen LogP contribution is 2.19. The quantitative estimate of drug-likeness (QED) is 0.327. The molecule has 4 N–H and O–H groups in total. The Morgan fingerprint density at radius 1 is 0.909 bits per heavy atom. The number of hydrogen-bond donors (Lipinski definition) is 4. The van der Waals surface area contributed by atoms with E-state index in [-0.39, 0.29) is 0 Å². The maximum atomic E-state index is 12.3. The van der Waals surface area contributed by atoms with Crippen LogP contribution < -0.4 is 0 Å². The highest BCUT2D eigenvalue weighted by Gasteiger charge is 2.43. The number of halogens is 1. The third-order valence-electron chi connectivity index (χ3n) is 1.53. The van der Waals surface area contributed by atoms with Crippen molar-refractivity contribution in [3.63, 3.8) is 0 Å². The van der Waals surface area contributed by atoms with E-state index in [9.17, 15) is 4.39 Å². The largest absolute Gasteiger partial charge is 0.387 e. The number of aliphatic hydroxyl groups excluding tert-OH is 4. The molecule has 1 heterocycles. The Balaban J connectivity index is 2.63. The minimum absolute atomic E-state index is 1.67. The maximum Gasteiger partial charge on any atom is 0.230 e. The zero-order valence-electron chi connectivity index (χ0n) is 5.46. The second-order valence-corrected chi connectivity index (χ2v) is 2.35. The van der Waals surface area contributed by atoms with Crippen molar-refractivity contribution in [2.45, 2.75) is 31.0 Å². The van der Waals surface area contributed by atoms with Crippen molar-refractivity contribution < 1.29 is 29.6 Å². The van der Waals surface area contributed by atoms with Gasteiger partial charge in [-0.25, -0.2) is 4.39 Å². The lowest BCUT2D eigenvalue weighted by molar-refractivity contribution is -0.309. The van der Waals surface area contributed by atoms with Crippen molar-refractivity contribution >= 4 is 0 Å². The molecular formula is C5H9FO5. The van der Waals surface area contributed by atoms with E-state index in [0.29, 0.717) is 0 Å². The van der Waals surface area contributed by atoms with E-state index in [1.165, 1.54) is 0 Å². The van der Waals surface area contributed by atoms with Gasteiger partial charge in [0.15, 0.2) is 6.29 Å². The summed E-state index contributed by atoms with van der Waals surface area (Å²) in [5.41, 5.74) is 0. The Hall–Kier alpha value is -0.270. The van der Waals surface area contributed by atoms with E-state index in [1.807, 2.05) is 0 Å². The molecule has 0 aromatic rings. The Bertz CT molecular complexity index is 129. The van der Waals surface area contributed by atoms with Gasteiger partial charge in [0.25, 0.3) is 0 Å². The first-order valence-electron chi connectivity index (χ1n) is 3.06. The molecule has 1 aliphatic rings. The predicted octanol–water partition coefficient (Wildman–Crippen LogP) is -2.29. The van der Waals surface area contributed by atoms with Crippen LogP contribution >= 0.6 is 0 Å². The molecule has 0 saturated carbocycles. The first-order valence-corrected chi connectivity index (χ1v) is 3.06. The van der Waals surface area contributed by atoms with Crippen LogP contribution in [0.15, 0.2) is 0 Å². The molecule has 66 valence electrons. The van der Waals surface area contributed by atoms with Gasteiger partial charge in [0.1, 0.15) is 18.3 Å². The van der Waals surface area contributed by atoms with E-state index in [1.54, 1.807) is 0 Å². The number of hydrogen-bond acceptors (Lipinski definition) is 5. The van der Waals surface area contributed by atoms with Gasteiger partial charge in [-0.3, -0.25) is 0 Å². The molecule has 0 aliphatic carbocycles. The third-order valence-corrected chi connectivity index (χ3v) is 1.53. The van der Waals surface area contributed by atoms with Crippen LogP contribution in [0.25, 0.3) is 0 Å². The van der Waals surface area contributed by atoms with Gasteiger partial charge in [-0.1, -0.05) is 0 Å². The minimum atomic E-state index is -2.16. The highest BCUT2D eigenvalue weighted by molar-refractivity contribution is 4.83. The second-order valence-electron chi connectivity index (χ2n) is 2.35. The number of aliphatic hydroxyl groups is 4. The van der Waals surface area contributed by atoms with Gasteiger partial charge in [-0.05, 0) is 0 Å². The molecule has 0 amide bonds. The van der Waals surface area contributed by atoms with Crippen molar-refractivity contribution in [2.75, 3.05) is 0 Å². The maximum absolute atomic E-state index is 12.3. The summed E-state index contributed by atoms with van der Waals surface area (Å²) in [5.74, 6) is 0. The fourth-order valence-corrected chi connectivity index (χ4v) is 0.820. The van der Waals surface area contributed by atoms with Gasteiger partial charge >= 0.3 is 0 Å². The minimum Gasteiger partial charge on any atom is -0.387 e. The van der Waals surface area contributed by atoms with E-state index < -0.39 is 31.0 Å². The molecule has 1 fully saturated rings. The lowest BCUT2D eigenvalue weighted by Gasteiger charge is -2.34. The third kappa shape index (κ3) is 1.49. The van der Waals surface area contributed by atoms with Gasteiger partial charge in [-0.15, -0.1) is 0 Å². The van der Waals surface area contributed by atoms with Crippen molar-refractivity contribution in [2.24, 2.45) is 0 Å². The molecule has 0 bridgehead atoms.